The first-order valence-electron chi connectivity index (χ1n) is 9.53. The van der Waals surface area contributed by atoms with Gasteiger partial charge in [0.15, 0.2) is 10.7 Å². The van der Waals surface area contributed by atoms with Crippen molar-refractivity contribution in [2.24, 2.45) is 0 Å². The van der Waals surface area contributed by atoms with Crippen LogP contribution in [0.3, 0.4) is 0 Å². The van der Waals surface area contributed by atoms with E-state index in [1.54, 1.807) is 21.0 Å². The van der Waals surface area contributed by atoms with Crippen molar-refractivity contribution in [2.45, 2.75) is 50.3 Å². The number of nitrogens with zero attached hydrogens (tertiary/aromatic N) is 4. The van der Waals surface area contributed by atoms with Gasteiger partial charge < -0.3 is 5.32 Å². The molecule has 29 heavy (non-hydrogen) atoms. The minimum atomic E-state index is -0.133. The summed E-state index contributed by atoms with van der Waals surface area (Å²) < 4.78 is 3.36. The maximum atomic E-state index is 13.1. The van der Waals surface area contributed by atoms with Crippen LogP contribution >= 0.6 is 23.5 Å². The first-order chi connectivity index (χ1) is 14.0. The van der Waals surface area contributed by atoms with E-state index in [1.807, 2.05) is 51.3 Å². The average Bonchev–Trinajstić information content (AvgIpc) is 3.04. The lowest BCUT2D eigenvalue weighted by Gasteiger charge is -2.12. The van der Waals surface area contributed by atoms with Crippen molar-refractivity contribution in [3.63, 3.8) is 0 Å². The highest BCUT2D eigenvalue weighted by Gasteiger charge is 2.18. The van der Waals surface area contributed by atoms with Gasteiger partial charge in [0.25, 0.3) is 5.56 Å². The molecule has 9 heteroatoms. The van der Waals surface area contributed by atoms with Gasteiger partial charge in [-0.25, -0.2) is 4.98 Å². The lowest BCUT2D eigenvalue weighted by Crippen LogP contribution is -2.25. The van der Waals surface area contributed by atoms with Crippen molar-refractivity contribution < 1.29 is 4.79 Å². The number of carbonyl (C=O) groups is 1. The van der Waals surface area contributed by atoms with Gasteiger partial charge in [0.05, 0.1) is 11.4 Å². The van der Waals surface area contributed by atoms with Crippen LogP contribution in [-0.2, 0) is 17.9 Å². The first kappa shape index (κ1) is 21.4. The molecule has 1 aromatic carbocycles. The molecule has 0 fully saturated rings. The standard InChI is InChI=1S/C20H25N5O2S2/c1-5-10-24-19(27)18-17(13(3)23-25(18)6-2)22-20(24)29-12-16(26)21-14-8-7-9-15(11-14)28-4/h7-9,11H,5-6,10,12H2,1-4H3,(H,21,26). The molecule has 2 aromatic heterocycles. The van der Waals surface area contributed by atoms with Crippen LogP contribution in [0.15, 0.2) is 39.1 Å². The highest BCUT2D eigenvalue weighted by Crippen LogP contribution is 2.22. The Morgan fingerprint density at radius 3 is 2.76 bits per heavy atom. The number of aryl methyl sites for hydroxylation is 2. The number of carbonyl (C=O) groups excluding carboxylic acids is 1. The number of benzene rings is 1. The molecule has 0 aliphatic heterocycles. The van der Waals surface area contributed by atoms with E-state index in [2.05, 4.69) is 15.4 Å². The van der Waals surface area contributed by atoms with Crippen molar-refractivity contribution >= 4 is 46.2 Å². The summed E-state index contributed by atoms with van der Waals surface area (Å²) in [5, 5.41) is 7.89. The lowest BCUT2D eigenvalue weighted by atomic mass is 10.3. The quantitative estimate of drug-likeness (QED) is 0.432. The third-order valence-electron chi connectivity index (χ3n) is 4.41. The van der Waals surface area contributed by atoms with Crippen LogP contribution in [0.5, 0.6) is 0 Å². The zero-order valence-corrected chi connectivity index (χ0v) is 18.7. The minimum absolute atomic E-state index is 0.102. The Bertz CT molecular complexity index is 1090. The zero-order valence-electron chi connectivity index (χ0n) is 17.1. The second kappa shape index (κ2) is 9.49. The van der Waals surface area contributed by atoms with E-state index in [-0.39, 0.29) is 17.2 Å². The number of hydrogen-bond acceptors (Lipinski definition) is 6. The molecule has 3 aromatic rings. The van der Waals surface area contributed by atoms with E-state index in [0.29, 0.717) is 29.3 Å². The van der Waals surface area contributed by atoms with Crippen LogP contribution < -0.4 is 10.9 Å². The van der Waals surface area contributed by atoms with E-state index < -0.39 is 0 Å². The topological polar surface area (TPSA) is 81.8 Å². The Kier molecular flexibility index (Phi) is 7.02. The summed E-state index contributed by atoms with van der Waals surface area (Å²) in [5.74, 6) is 0.0400. The van der Waals surface area contributed by atoms with Gasteiger partial charge in [0, 0.05) is 23.7 Å². The van der Waals surface area contributed by atoms with Gasteiger partial charge in [-0.2, -0.15) is 5.10 Å². The molecule has 2 heterocycles. The number of hydrogen-bond donors (Lipinski definition) is 1. The summed E-state index contributed by atoms with van der Waals surface area (Å²) in [6.07, 6.45) is 2.79. The predicted molar refractivity (Wildman–Crippen MR) is 120 cm³/mol. The molecule has 154 valence electrons. The van der Waals surface area contributed by atoms with E-state index >= 15 is 0 Å². The molecule has 7 nitrogen and oxygen atoms in total. The van der Waals surface area contributed by atoms with Crippen molar-refractivity contribution in [3.05, 3.63) is 40.3 Å². The molecule has 0 spiro atoms. The smallest absolute Gasteiger partial charge is 0.280 e. The number of nitrogens with one attached hydrogen (secondary N) is 1. The van der Waals surface area contributed by atoms with Crippen molar-refractivity contribution in [1.82, 2.24) is 19.3 Å². The molecule has 0 atom stereocenters. The van der Waals surface area contributed by atoms with Gasteiger partial charge in [0.2, 0.25) is 5.91 Å². The van der Waals surface area contributed by atoms with Crippen LogP contribution in [-0.4, -0.2) is 37.2 Å². The van der Waals surface area contributed by atoms with Crippen LogP contribution in [0.2, 0.25) is 0 Å². The number of thioether (sulfide) groups is 2. The Labute approximate surface area is 178 Å². The van der Waals surface area contributed by atoms with Gasteiger partial charge in [0.1, 0.15) is 5.52 Å². The molecular formula is C20H25N5O2S2. The molecule has 0 aliphatic carbocycles. The first-order valence-corrected chi connectivity index (χ1v) is 11.7. The van der Waals surface area contributed by atoms with Gasteiger partial charge >= 0.3 is 0 Å². The Hall–Kier alpha value is -2.26. The van der Waals surface area contributed by atoms with Crippen molar-refractivity contribution in [1.29, 1.82) is 0 Å². The maximum absolute atomic E-state index is 13.1. The third kappa shape index (κ3) is 4.67. The van der Waals surface area contributed by atoms with Crippen LogP contribution in [0, 0.1) is 6.92 Å². The molecule has 1 N–H and O–H groups in total. The fourth-order valence-corrected chi connectivity index (χ4v) is 4.35. The summed E-state index contributed by atoms with van der Waals surface area (Å²) in [6, 6.07) is 7.71. The molecule has 0 saturated carbocycles. The van der Waals surface area contributed by atoms with Gasteiger partial charge in [-0.15, -0.1) is 11.8 Å². The fraction of sp³-hybridized carbons (Fsp3) is 0.400. The summed E-state index contributed by atoms with van der Waals surface area (Å²) in [7, 11) is 0. The Morgan fingerprint density at radius 2 is 2.07 bits per heavy atom. The second-order valence-corrected chi connectivity index (χ2v) is 8.34. The second-order valence-electron chi connectivity index (χ2n) is 6.52. The van der Waals surface area contributed by atoms with E-state index in [0.717, 1.165) is 22.7 Å². The SMILES string of the molecule is CCCn1c(SCC(=O)Nc2cccc(SC)c2)nc2c(C)nn(CC)c2c1=O. The molecule has 0 saturated heterocycles. The highest BCUT2D eigenvalue weighted by atomic mass is 32.2. The lowest BCUT2D eigenvalue weighted by molar-refractivity contribution is -0.113. The number of anilines is 1. The number of amides is 1. The predicted octanol–water partition coefficient (Wildman–Crippen LogP) is 3.78. The Balaban J connectivity index is 1.85. The molecule has 0 unspecified atom stereocenters. The molecular weight excluding hydrogens is 406 g/mol. The van der Waals surface area contributed by atoms with E-state index in [1.165, 1.54) is 11.8 Å². The molecule has 0 radical (unpaired) electrons. The van der Waals surface area contributed by atoms with Crippen LogP contribution in [0.4, 0.5) is 5.69 Å². The summed E-state index contributed by atoms with van der Waals surface area (Å²) in [5.41, 5.74) is 2.52. The fourth-order valence-electron chi connectivity index (χ4n) is 3.08. The van der Waals surface area contributed by atoms with Gasteiger partial charge in [-0.05, 0) is 44.7 Å². The molecule has 1 amide bonds. The van der Waals surface area contributed by atoms with Gasteiger partial charge in [-0.3, -0.25) is 18.8 Å². The number of aromatic nitrogens is 4. The zero-order chi connectivity index (χ0) is 21.0. The molecule has 0 aliphatic rings. The Morgan fingerprint density at radius 1 is 1.28 bits per heavy atom. The van der Waals surface area contributed by atoms with E-state index in [9.17, 15) is 9.59 Å². The average molecular weight is 432 g/mol. The van der Waals surface area contributed by atoms with E-state index in [4.69, 9.17) is 0 Å². The normalized spacial score (nSPS) is 11.2. The largest absolute Gasteiger partial charge is 0.325 e. The maximum Gasteiger partial charge on any atom is 0.280 e. The van der Waals surface area contributed by atoms with Crippen molar-refractivity contribution in [3.8, 4) is 0 Å². The summed E-state index contributed by atoms with van der Waals surface area (Å²) in [6.45, 7) is 6.98. The third-order valence-corrected chi connectivity index (χ3v) is 6.12. The molecule has 3 rings (SSSR count). The van der Waals surface area contributed by atoms with Crippen LogP contribution in [0.1, 0.15) is 26.0 Å². The summed E-state index contributed by atoms with van der Waals surface area (Å²) in [4.78, 5) is 31.3. The van der Waals surface area contributed by atoms with Gasteiger partial charge in [-0.1, -0.05) is 24.8 Å². The minimum Gasteiger partial charge on any atom is -0.325 e. The molecule has 0 bridgehead atoms. The van der Waals surface area contributed by atoms with Crippen molar-refractivity contribution in [2.75, 3.05) is 17.3 Å². The summed E-state index contributed by atoms with van der Waals surface area (Å²) >= 11 is 2.90. The highest BCUT2D eigenvalue weighted by molar-refractivity contribution is 7.99. The van der Waals surface area contributed by atoms with Crippen LogP contribution in [0.25, 0.3) is 11.0 Å². The number of rotatable bonds is 8. The number of fused-ring (bicyclic) bond motifs is 1. The monoisotopic (exact) mass is 431 g/mol.